The Hall–Kier alpha value is -2.31. The summed E-state index contributed by atoms with van der Waals surface area (Å²) >= 11 is 0. The first-order valence-corrected chi connectivity index (χ1v) is 5.55. The summed E-state index contributed by atoms with van der Waals surface area (Å²) in [5, 5.41) is 10.3. The van der Waals surface area contributed by atoms with Crippen LogP contribution < -0.4 is 5.32 Å². The fourth-order valence-corrected chi connectivity index (χ4v) is 1.40. The Balaban J connectivity index is 2.89. The number of carbonyl (C=O) groups excluding carboxylic acids is 1. The van der Waals surface area contributed by atoms with E-state index in [-0.39, 0.29) is 5.56 Å². The third-order valence-electron chi connectivity index (χ3n) is 2.40. The minimum absolute atomic E-state index is 0.0323. The fourth-order valence-electron chi connectivity index (χ4n) is 1.40. The van der Waals surface area contributed by atoms with E-state index in [1.54, 1.807) is 12.2 Å². The van der Waals surface area contributed by atoms with Crippen LogP contribution in [0.3, 0.4) is 0 Å². The minimum Gasteiger partial charge on any atom is -0.478 e. The van der Waals surface area contributed by atoms with E-state index in [4.69, 9.17) is 5.11 Å². The average Bonchev–Trinajstić information content (AvgIpc) is 2.34. The Kier molecular flexibility index (Phi) is 4.90. The van der Waals surface area contributed by atoms with Crippen LogP contribution in [0.2, 0.25) is 0 Å². The zero-order valence-electron chi connectivity index (χ0n) is 10.5. The van der Waals surface area contributed by atoms with Crippen LogP contribution in [0.25, 0.3) is 6.08 Å². The third-order valence-corrected chi connectivity index (χ3v) is 2.40. The van der Waals surface area contributed by atoms with Crippen molar-refractivity contribution in [2.45, 2.75) is 13.1 Å². The Morgan fingerprint density at radius 2 is 2.00 bits per heavy atom. The third kappa shape index (κ3) is 5.13. The van der Waals surface area contributed by atoms with Crippen molar-refractivity contribution in [3.8, 4) is 0 Å². The number of alkyl halides is 3. The largest absolute Gasteiger partial charge is 0.478 e. The van der Waals surface area contributed by atoms with Gasteiger partial charge in [0.15, 0.2) is 0 Å². The van der Waals surface area contributed by atoms with Crippen LogP contribution in [0.15, 0.2) is 24.3 Å². The van der Waals surface area contributed by atoms with Crippen molar-refractivity contribution in [1.29, 1.82) is 0 Å². The van der Waals surface area contributed by atoms with Gasteiger partial charge in [-0.05, 0) is 36.3 Å². The molecule has 1 amide bonds. The number of benzene rings is 1. The number of aryl methyl sites for hydroxylation is 1. The molecule has 108 valence electrons. The number of carboxylic acids is 1. The van der Waals surface area contributed by atoms with Gasteiger partial charge in [-0.2, -0.15) is 13.2 Å². The van der Waals surface area contributed by atoms with Gasteiger partial charge in [-0.1, -0.05) is 6.07 Å². The van der Waals surface area contributed by atoms with Crippen molar-refractivity contribution in [3.63, 3.8) is 0 Å². The van der Waals surface area contributed by atoms with Crippen molar-refractivity contribution in [2.24, 2.45) is 0 Å². The van der Waals surface area contributed by atoms with Crippen LogP contribution in [-0.4, -0.2) is 29.7 Å². The molecule has 1 aromatic rings. The SMILES string of the molecule is Cc1ccc(C(=O)NCC(F)(F)F)cc1/C=C/C(=O)O. The molecule has 0 aromatic heterocycles. The second-order valence-corrected chi connectivity index (χ2v) is 4.04. The smallest absolute Gasteiger partial charge is 0.405 e. The van der Waals surface area contributed by atoms with Crippen molar-refractivity contribution >= 4 is 18.0 Å². The quantitative estimate of drug-likeness (QED) is 0.836. The lowest BCUT2D eigenvalue weighted by atomic mass is 10.0. The Bertz CT molecular complexity index is 550. The van der Waals surface area contributed by atoms with Gasteiger partial charge in [0.2, 0.25) is 0 Å². The number of aliphatic carboxylic acids is 1. The highest BCUT2D eigenvalue weighted by Gasteiger charge is 2.27. The molecule has 2 N–H and O–H groups in total. The first-order valence-electron chi connectivity index (χ1n) is 5.55. The molecule has 0 saturated heterocycles. The molecule has 0 aliphatic rings. The van der Waals surface area contributed by atoms with E-state index >= 15 is 0 Å². The zero-order chi connectivity index (χ0) is 15.3. The van der Waals surface area contributed by atoms with E-state index in [1.165, 1.54) is 24.3 Å². The molecule has 0 atom stereocenters. The topological polar surface area (TPSA) is 66.4 Å². The average molecular weight is 287 g/mol. The molecule has 20 heavy (non-hydrogen) atoms. The summed E-state index contributed by atoms with van der Waals surface area (Å²) in [6.07, 6.45) is -2.32. The Morgan fingerprint density at radius 3 is 2.55 bits per heavy atom. The summed E-state index contributed by atoms with van der Waals surface area (Å²) in [4.78, 5) is 22.0. The summed E-state index contributed by atoms with van der Waals surface area (Å²) in [7, 11) is 0. The predicted molar refractivity (Wildman–Crippen MR) is 66.2 cm³/mol. The van der Waals surface area contributed by atoms with Gasteiger partial charge in [-0.15, -0.1) is 0 Å². The molecule has 4 nitrogen and oxygen atoms in total. The summed E-state index contributed by atoms with van der Waals surface area (Å²) in [6, 6.07) is 4.24. The fraction of sp³-hybridized carbons (Fsp3) is 0.231. The van der Waals surface area contributed by atoms with Crippen LogP contribution in [0.5, 0.6) is 0 Å². The van der Waals surface area contributed by atoms with Gasteiger partial charge >= 0.3 is 12.1 Å². The van der Waals surface area contributed by atoms with Gasteiger partial charge in [0, 0.05) is 11.6 Å². The van der Waals surface area contributed by atoms with Crippen LogP contribution in [0.1, 0.15) is 21.5 Å². The van der Waals surface area contributed by atoms with E-state index in [2.05, 4.69) is 0 Å². The number of hydrogen-bond donors (Lipinski definition) is 2. The van der Waals surface area contributed by atoms with Crippen molar-refractivity contribution in [2.75, 3.05) is 6.54 Å². The number of nitrogens with one attached hydrogen (secondary N) is 1. The van der Waals surface area contributed by atoms with Crippen LogP contribution in [0, 0.1) is 6.92 Å². The van der Waals surface area contributed by atoms with Crippen molar-refractivity contribution in [1.82, 2.24) is 5.32 Å². The normalized spacial score (nSPS) is 11.6. The summed E-state index contributed by atoms with van der Waals surface area (Å²) in [5.41, 5.74) is 1.19. The Labute approximate surface area is 112 Å². The summed E-state index contributed by atoms with van der Waals surface area (Å²) in [6.45, 7) is 0.277. The number of hydrogen-bond acceptors (Lipinski definition) is 2. The molecule has 1 aromatic carbocycles. The maximum Gasteiger partial charge on any atom is 0.405 e. The van der Waals surface area contributed by atoms with Gasteiger partial charge in [0.05, 0.1) is 0 Å². The highest BCUT2D eigenvalue weighted by atomic mass is 19.4. The molecule has 0 radical (unpaired) electrons. The lowest BCUT2D eigenvalue weighted by molar-refractivity contribution is -0.131. The number of halogens is 3. The van der Waals surface area contributed by atoms with Gasteiger partial charge in [0.25, 0.3) is 5.91 Å². The first kappa shape index (κ1) is 15.7. The van der Waals surface area contributed by atoms with Gasteiger partial charge in [-0.3, -0.25) is 4.79 Å². The zero-order valence-corrected chi connectivity index (χ0v) is 10.5. The van der Waals surface area contributed by atoms with Gasteiger partial charge < -0.3 is 10.4 Å². The molecule has 0 aliphatic carbocycles. The molecule has 1 rings (SSSR count). The predicted octanol–water partition coefficient (Wildman–Crippen LogP) is 2.38. The van der Waals surface area contributed by atoms with Crippen molar-refractivity contribution in [3.05, 3.63) is 41.0 Å². The maximum atomic E-state index is 12.0. The van der Waals surface area contributed by atoms with Crippen molar-refractivity contribution < 1.29 is 27.9 Å². The van der Waals surface area contributed by atoms with Crippen LogP contribution in [-0.2, 0) is 4.79 Å². The molecule has 0 aliphatic heterocycles. The molecule has 7 heteroatoms. The lowest BCUT2D eigenvalue weighted by Gasteiger charge is -2.09. The molecule has 0 bridgehead atoms. The molecular formula is C13H12F3NO3. The molecule has 0 saturated carbocycles. The van der Waals surface area contributed by atoms with Gasteiger partial charge in [-0.25, -0.2) is 4.79 Å². The Morgan fingerprint density at radius 1 is 1.35 bits per heavy atom. The molecule has 0 fully saturated rings. The number of amides is 1. The monoisotopic (exact) mass is 287 g/mol. The number of carbonyl (C=O) groups is 2. The van der Waals surface area contributed by atoms with E-state index in [0.717, 1.165) is 6.08 Å². The standard InChI is InChI=1S/C13H12F3NO3/c1-8-2-3-10(6-9(8)4-5-11(18)19)12(20)17-7-13(14,15)16/h2-6H,7H2,1H3,(H,17,20)(H,18,19)/b5-4+. The number of rotatable bonds is 4. The molecular weight excluding hydrogens is 275 g/mol. The number of carboxylic acid groups (broad SMARTS) is 1. The second-order valence-electron chi connectivity index (χ2n) is 4.04. The second kappa shape index (κ2) is 6.23. The molecule has 0 unspecified atom stereocenters. The van der Waals surface area contributed by atoms with Crippen LogP contribution in [0.4, 0.5) is 13.2 Å². The maximum absolute atomic E-state index is 12.0. The molecule has 0 heterocycles. The first-order chi connectivity index (χ1) is 9.19. The summed E-state index contributed by atoms with van der Waals surface area (Å²) in [5.74, 6) is -2.02. The van der Waals surface area contributed by atoms with E-state index in [0.29, 0.717) is 11.1 Å². The lowest BCUT2D eigenvalue weighted by Crippen LogP contribution is -2.33. The molecule has 0 spiro atoms. The van der Waals surface area contributed by atoms with E-state index < -0.39 is 24.6 Å². The highest BCUT2D eigenvalue weighted by molar-refractivity contribution is 5.95. The summed E-state index contributed by atoms with van der Waals surface area (Å²) < 4.78 is 36.0. The highest BCUT2D eigenvalue weighted by Crippen LogP contribution is 2.15. The minimum atomic E-state index is -4.48. The van der Waals surface area contributed by atoms with Gasteiger partial charge in [0.1, 0.15) is 6.54 Å². The van der Waals surface area contributed by atoms with E-state index in [9.17, 15) is 22.8 Å². The van der Waals surface area contributed by atoms with E-state index in [1.807, 2.05) is 0 Å². The van der Waals surface area contributed by atoms with Crippen LogP contribution >= 0.6 is 0 Å².